The summed E-state index contributed by atoms with van der Waals surface area (Å²) in [6.07, 6.45) is 0.766. The fourth-order valence-corrected chi connectivity index (χ4v) is 5.33. The summed E-state index contributed by atoms with van der Waals surface area (Å²) in [7, 11) is 0. The molecule has 0 unspecified atom stereocenters. The van der Waals surface area contributed by atoms with Crippen molar-refractivity contribution in [1.29, 1.82) is 0 Å². The number of nitrogens with one attached hydrogen (secondary N) is 2. The van der Waals surface area contributed by atoms with E-state index in [1.54, 1.807) is 11.4 Å². The van der Waals surface area contributed by atoms with Crippen molar-refractivity contribution in [2.45, 2.75) is 19.8 Å². The summed E-state index contributed by atoms with van der Waals surface area (Å²) in [5, 5.41) is 10.9. The van der Waals surface area contributed by atoms with E-state index in [0.717, 1.165) is 16.1 Å². The van der Waals surface area contributed by atoms with Crippen LogP contribution in [0.1, 0.15) is 31.5 Å². The Hall–Kier alpha value is -2.59. The Morgan fingerprint density at radius 2 is 1.87 bits per heavy atom. The van der Waals surface area contributed by atoms with Crippen molar-refractivity contribution in [3.8, 4) is 0 Å². The molecule has 2 amide bonds. The standard InChI is InChI=1S/C21H17ClN4O2S3/c1-12-17(9-13-5-2-3-6-15(13)22)31-21(23-12)25-18(27)10-14-11-30-20(24-14)26-19(28)16-7-4-8-29-16/h2-8,11H,9-10H2,1H3,(H,23,25,27)(H,24,26,28). The van der Waals surface area contributed by atoms with Gasteiger partial charge >= 0.3 is 0 Å². The predicted octanol–water partition coefficient (Wildman–Crippen LogP) is 5.65. The van der Waals surface area contributed by atoms with Crippen LogP contribution in [0, 0.1) is 6.92 Å². The van der Waals surface area contributed by atoms with E-state index in [1.165, 1.54) is 34.0 Å². The summed E-state index contributed by atoms with van der Waals surface area (Å²) >= 11 is 10.3. The molecule has 4 rings (SSSR count). The Morgan fingerprint density at radius 1 is 1.03 bits per heavy atom. The van der Waals surface area contributed by atoms with Crippen LogP contribution in [-0.2, 0) is 17.6 Å². The molecule has 0 aliphatic carbocycles. The van der Waals surface area contributed by atoms with E-state index in [9.17, 15) is 9.59 Å². The van der Waals surface area contributed by atoms with Crippen LogP contribution in [0.3, 0.4) is 0 Å². The topological polar surface area (TPSA) is 84.0 Å². The van der Waals surface area contributed by atoms with E-state index in [4.69, 9.17) is 11.6 Å². The lowest BCUT2D eigenvalue weighted by Crippen LogP contribution is -2.15. The van der Waals surface area contributed by atoms with Crippen LogP contribution >= 0.6 is 45.6 Å². The first-order valence-corrected chi connectivity index (χ1v) is 12.2. The van der Waals surface area contributed by atoms with Crippen molar-refractivity contribution >= 4 is 67.7 Å². The number of aryl methyl sites for hydroxylation is 1. The molecular weight excluding hydrogens is 472 g/mol. The number of thiophene rings is 1. The van der Waals surface area contributed by atoms with E-state index in [0.29, 0.717) is 32.3 Å². The van der Waals surface area contributed by atoms with Gasteiger partial charge in [-0.15, -0.1) is 34.0 Å². The van der Waals surface area contributed by atoms with Crippen molar-refractivity contribution in [3.05, 3.63) is 78.9 Å². The first kappa shape index (κ1) is 21.6. The largest absolute Gasteiger partial charge is 0.302 e. The number of aromatic nitrogens is 2. The highest BCUT2D eigenvalue weighted by molar-refractivity contribution is 7.16. The van der Waals surface area contributed by atoms with Crippen LogP contribution in [0.15, 0.2) is 47.2 Å². The molecule has 2 N–H and O–H groups in total. The van der Waals surface area contributed by atoms with Crippen LogP contribution in [0.2, 0.25) is 5.02 Å². The van der Waals surface area contributed by atoms with Gasteiger partial charge in [-0.2, -0.15) is 0 Å². The molecule has 0 aliphatic heterocycles. The highest BCUT2D eigenvalue weighted by Gasteiger charge is 2.15. The molecular formula is C21H17ClN4O2S3. The zero-order chi connectivity index (χ0) is 21.8. The molecule has 4 aromatic rings. The molecule has 6 nitrogen and oxygen atoms in total. The lowest BCUT2D eigenvalue weighted by molar-refractivity contribution is -0.115. The third-order valence-corrected chi connectivity index (χ3v) is 7.42. The fourth-order valence-electron chi connectivity index (χ4n) is 2.80. The lowest BCUT2D eigenvalue weighted by Gasteiger charge is -2.02. The minimum atomic E-state index is -0.209. The molecule has 0 spiro atoms. The molecule has 0 fully saturated rings. The minimum Gasteiger partial charge on any atom is -0.302 e. The highest BCUT2D eigenvalue weighted by Crippen LogP contribution is 2.28. The summed E-state index contributed by atoms with van der Waals surface area (Å²) in [6, 6.07) is 11.3. The van der Waals surface area contributed by atoms with Crippen molar-refractivity contribution in [2.24, 2.45) is 0 Å². The summed E-state index contributed by atoms with van der Waals surface area (Å²) in [4.78, 5) is 35.0. The smallest absolute Gasteiger partial charge is 0.267 e. The van der Waals surface area contributed by atoms with Crippen LogP contribution in [0.25, 0.3) is 0 Å². The van der Waals surface area contributed by atoms with E-state index >= 15 is 0 Å². The van der Waals surface area contributed by atoms with Gasteiger partial charge in [0.25, 0.3) is 5.91 Å². The normalized spacial score (nSPS) is 10.8. The van der Waals surface area contributed by atoms with E-state index < -0.39 is 0 Å². The average Bonchev–Trinajstić information content (AvgIpc) is 3.47. The number of anilines is 2. The first-order valence-electron chi connectivity index (χ1n) is 9.27. The number of carbonyl (C=O) groups excluding carboxylic acids is 2. The number of rotatable bonds is 7. The molecule has 0 saturated carbocycles. The van der Waals surface area contributed by atoms with Crippen LogP contribution in [0.5, 0.6) is 0 Å². The van der Waals surface area contributed by atoms with Gasteiger partial charge < -0.3 is 5.32 Å². The number of nitrogens with zero attached hydrogens (tertiary/aromatic N) is 2. The van der Waals surface area contributed by atoms with Crippen molar-refractivity contribution in [3.63, 3.8) is 0 Å². The summed E-state index contributed by atoms with van der Waals surface area (Å²) in [5.41, 5.74) is 2.48. The first-order chi connectivity index (χ1) is 15.0. The third-order valence-electron chi connectivity index (χ3n) is 4.31. The Morgan fingerprint density at radius 3 is 2.65 bits per heavy atom. The van der Waals surface area contributed by atoms with E-state index in [2.05, 4.69) is 20.6 Å². The van der Waals surface area contributed by atoms with Crippen LogP contribution < -0.4 is 10.6 Å². The lowest BCUT2D eigenvalue weighted by atomic mass is 10.1. The molecule has 3 heterocycles. The molecule has 31 heavy (non-hydrogen) atoms. The SMILES string of the molecule is Cc1nc(NC(=O)Cc2csc(NC(=O)c3cccs3)n2)sc1Cc1ccccc1Cl. The van der Waals surface area contributed by atoms with Gasteiger partial charge in [-0.3, -0.25) is 14.9 Å². The maximum atomic E-state index is 12.4. The van der Waals surface area contributed by atoms with Crippen molar-refractivity contribution in [1.82, 2.24) is 9.97 Å². The molecule has 0 radical (unpaired) electrons. The highest BCUT2D eigenvalue weighted by atomic mass is 35.5. The number of amides is 2. The summed E-state index contributed by atoms with van der Waals surface area (Å²) < 4.78 is 0. The van der Waals surface area contributed by atoms with Gasteiger partial charge in [0.2, 0.25) is 5.91 Å². The van der Waals surface area contributed by atoms with Gasteiger partial charge in [0.15, 0.2) is 10.3 Å². The number of hydrogen-bond acceptors (Lipinski definition) is 7. The second-order valence-corrected chi connectivity index (χ2v) is 9.89. The molecule has 1 aromatic carbocycles. The van der Waals surface area contributed by atoms with Crippen molar-refractivity contribution < 1.29 is 9.59 Å². The Labute approximate surface area is 196 Å². The molecule has 158 valence electrons. The number of halogens is 1. The monoisotopic (exact) mass is 488 g/mol. The Bertz CT molecular complexity index is 1220. The number of carbonyl (C=O) groups is 2. The van der Waals surface area contributed by atoms with E-state index in [-0.39, 0.29) is 18.2 Å². The second kappa shape index (κ2) is 9.69. The maximum absolute atomic E-state index is 12.4. The fraction of sp³-hybridized carbons (Fsp3) is 0.143. The van der Waals surface area contributed by atoms with Gasteiger partial charge in [-0.1, -0.05) is 35.9 Å². The molecule has 0 aliphatic rings. The maximum Gasteiger partial charge on any atom is 0.267 e. The molecule has 10 heteroatoms. The zero-order valence-electron chi connectivity index (χ0n) is 16.3. The van der Waals surface area contributed by atoms with Crippen LogP contribution in [0.4, 0.5) is 10.3 Å². The summed E-state index contributed by atoms with van der Waals surface area (Å²) in [6.45, 7) is 1.92. The predicted molar refractivity (Wildman–Crippen MR) is 128 cm³/mol. The Kier molecular flexibility index (Phi) is 6.77. The van der Waals surface area contributed by atoms with Crippen molar-refractivity contribution in [2.75, 3.05) is 10.6 Å². The molecule has 0 bridgehead atoms. The number of thiazole rings is 2. The third kappa shape index (κ3) is 5.56. The number of benzene rings is 1. The van der Waals surface area contributed by atoms with Crippen LogP contribution in [-0.4, -0.2) is 21.8 Å². The van der Waals surface area contributed by atoms with Gasteiger partial charge in [0, 0.05) is 21.7 Å². The van der Waals surface area contributed by atoms with Gasteiger partial charge in [-0.25, -0.2) is 9.97 Å². The van der Waals surface area contributed by atoms with E-state index in [1.807, 2.05) is 42.6 Å². The zero-order valence-corrected chi connectivity index (χ0v) is 19.6. The van der Waals surface area contributed by atoms with Gasteiger partial charge in [0.05, 0.1) is 22.7 Å². The minimum absolute atomic E-state index is 0.101. The molecule has 0 saturated heterocycles. The summed E-state index contributed by atoms with van der Waals surface area (Å²) in [5.74, 6) is -0.413. The quantitative estimate of drug-likeness (QED) is 0.352. The van der Waals surface area contributed by atoms with Gasteiger partial charge in [0.1, 0.15) is 0 Å². The second-order valence-electron chi connectivity index (χ2n) is 6.60. The number of hydrogen-bond donors (Lipinski definition) is 2. The Balaban J connectivity index is 1.35. The molecule has 3 aromatic heterocycles. The molecule has 0 atom stereocenters. The average molecular weight is 489 g/mol. The van der Waals surface area contributed by atoms with Gasteiger partial charge in [-0.05, 0) is 30.0 Å².